The van der Waals surface area contributed by atoms with Crippen LogP contribution in [0.4, 0.5) is 0 Å². The number of para-hydroxylation sites is 1. The van der Waals surface area contributed by atoms with Gasteiger partial charge in [0.25, 0.3) is 0 Å². The minimum atomic E-state index is -0.887. The van der Waals surface area contributed by atoms with Gasteiger partial charge in [0.2, 0.25) is 0 Å². The number of aromatic amines is 1. The maximum Gasteiger partial charge on any atom is 0.199 e. The molecule has 1 N–H and O–H groups in total. The van der Waals surface area contributed by atoms with Gasteiger partial charge in [0.1, 0.15) is 5.75 Å². The molecule has 2 heteroatoms. The normalized spacial score (nSPS) is 15.5. The van der Waals surface area contributed by atoms with E-state index in [2.05, 4.69) is 153 Å². The van der Waals surface area contributed by atoms with Crippen LogP contribution < -0.4 is 4.74 Å². The van der Waals surface area contributed by atoms with Gasteiger partial charge in [-0.05, 0) is 33.9 Å². The number of ether oxygens (including phenoxy) is 1. The number of hydrogen-bond donors (Lipinski definition) is 1. The Morgan fingerprint density at radius 3 is 1.87 bits per heavy atom. The molecule has 0 aliphatic carbocycles. The molecule has 0 radical (unpaired) electrons. The van der Waals surface area contributed by atoms with E-state index in [4.69, 9.17) is 4.74 Å². The minimum absolute atomic E-state index is 0.0638. The van der Waals surface area contributed by atoms with E-state index in [0.717, 1.165) is 33.7 Å². The van der Waals surface area contributed by atoms with Crippen molar-refractivity contribution in [2.45, 2.75) is 26.4 Å². The highest BCUT2D eigenvalue weighted by Crippen LogP contribution is 2.53. The first-order valence-electron chi connectivity index (χ1n) is 13.6. The molecule has 0 saturated carbocycles. The molecule has 1 aliphatic rings. The van der Waals surface area contributed by atoms with E-state index in [-0.39, 0.29) is 5.41 Å². The lowest BCUT2D eigenvalue weighted by Gasteiger charge is -2.35. The topological polar surface area (TPSA) is 25.0 Å². The van der Waals surface area contributed by atoms with Gasteiger partial charge in [-0.2, -0.15) is 0 Å². The zero-order valence-corrected chi connectivity index (χ0v) is 22.5. The summed E-state index contributed by atoms with van der Waals surface area (Å²) in [7, 11) is 0. The van der Waals surface area contributed by atoms with E-state index in [1.54, 1.807) is 0 Å². The van der Waals surface area contributed by atoms with Gasteiger partial charge in [0, 0.05) is 33.2 Å². The summed E-state index contributed by atoms with van der Waals surface area (Å²) in [6.07, 6.45) is 2.42. The van der Waals surface area contributed by atoms with E-state index in [0.29, 0.717) is 0 Å². The van der Waals surface area contributed by atoms with Crippen LogP contribution in [0, 0.1) is 5.41 Å². The standard InChI is InChI=1S/C37H31NO/c1-36(2,3)24-30-33-28-19-11-10-14-25(28)22-23-32(33)39-37(26-15-6-4-7-16-26,27-17-8-5-9-18-27)35-34(30)29-20-12-13-21-31(29)38-35/h4-24,38H,1-3H3/b30-24-. The number of rotatable bonds is 2. The first kappa shape index (κ1) is 23.5. The minimum Gasteiger partial charge on any atom is -0.471 e. The molecule has 0 unspecified atom stereocenters. The molecule has 190 valence electrons. The highest BCUT2D eigenvalue weighted by molar-refractivity contribution is 6.07. The van der Waals surface area contributed by atoms with Gasteiger partial charge in [-0.15, -0.1) is 0 Å². The molecule has 0 amide bonds. The van der Waals surface area contributed by atoms with Crippen LogP contribution in [0.1, 0.15) is 48.7 Å². The smallest absolute Gasteiger partial charge is 0.199 e. The molecule has 1 aliphatic heterocycles. The number of fused-ring (bicyclic) bond motifs is 6. The number of aromatic nitrogens is 1. The van der Waals surface area contributed by atoms with Crippen LogP contribution in [0.2, 0.25) is 0 Å². The zero-order chi connectivity index (χ0) is 26.6. The Bertz CT molecular complexity index is 1810. The van der Waals surface area contributed by atoms with Gasteiger partial charge >= 0.3 is 0 Å². The highest BCUT2D eigenvalue weighted by Gasteiger charge is 2.46. The van der Waals surface area contributed by atoms with E-state index in [9.17, 15) is 0 Å². The summed E-state index contributed by atoms with van der Waals surface area (Å²) in [5, 5.41) is 3.59. The second kappa shape index (κ2) is 8.74. The van der Waals surface area contributed by atoms with Crippen molar-refractivity contribution < 1.29 is 4.74 Å². The Balaban J connectivity index is 1.74. The first-order chi connectivity index (χ1) is 19.0. The molecular formula is C37H31NO. The van der Waals surface area contributed by atoms with Crippen LogP contribution in [-0.2, 0) is 5.60 Å². The van der Waals surface area contributed by atoms with E-state index in [1.165, 1.54) is 27.3 Å². The van der Waals surface area contributed by atoms with Gasteiger partial charge < -0.3 is 9.72 Å². The number of hydrogen-bond acceptors (Lipinski definition) is 1. The lowest BCUT2D eigenvalue weighted by atomic mass is 9.79. The molecule has 2 heterocycles. The third-order valence-corrected chi connectivity index (χ3v) is 7.69. The molecule has 7 rings (SSSR count). The van der Waals surface area contributed by atoms with Gasteiger partial charge in [-0.1, -0.05) is 136 Å². The second-order valence-corrected chi connectivity index (χ2v) is 11.5. The number of benzene rings is 5. The van der Waals surface area contributed by atoms with Gasteiger partial charge in [-0.25, -0.2) is 0 Å². The molecule has 0 bridgehead atoms. The fourth-order valence-electron chi connectivity index (χ4n) is 6.14. The Morgan fingerprint density at radius 1 is 0.615 bits per heavy atom. The van der Waals surface area contributed by atoms with Crippen LogP contribution in [0.25, 0.3) is 27.2 Å². The van der Waals surface area contributed by atoms with E-state index < -0.39 is 5.60 Å². The monoisotopic (exact) mass is 505 g/mol. The molecule has 5 aromatic carbocycles. The predicted molar refractivity (Wildman–Crippen MR) is 162 cm³/mol. The number of nitrogens with one attached hydrogen (secondary N) is 1. The third kappa shape index (κ3) is 3.71. The summed E-state index contributed by atoms with van der Waals surface area (Å²) in [5.74, 6) is 0.880. The van der Waals surface area contributed by atoms with Crippen molar-refractivity contribution in [3.8, 4) is 5.75 Å². The molecule has 6 aromatic rings. The van der Waals surface area contributed by atoms with Crippen molar-refractivity contribution >= 4 is 27.2 Å². The lowest BCUT2D eigenvalue weighted by Crippen LogP contribution is -2.36. The zero-order valence-electron chi connectivity index (χ0n) is 22.5. The molecule has 1 aromatic heterocycles. The molecule has 0 fully saturated rings. The predicted octanol–water partition coefficient (Wildman–Crippen LogP) is 9.48. The molecular weight excluding hydrogens is 474 g/mol. The molecule has 0 atom stereocenters. The van der Waals surface area contributed by atoms with Crippen LogP contribution in [0.5, 0.6) is 5.75 Å². The summed E-state index contributed by atoms with van der Waals surface area (Å²) in [5.41, 5.74) is 6.91. The highest BCUT2D eigenvalue weighted by atomic mass is 16.5. The van der Waals surface area contributed by atoms with Crippen molar-refractivity contribution in [1.29, 1.82) is 0 Å². The first-order valence-corrected chi connectivity index (χ1v) is 13.6. The Kier molecular flexibility index (Phi) is 5.28. The Labute approximate surface area is 229 Å². The fraction of sp³-hybridized carbons (Fsp3) is 0.135. The second-order valence-electron chi connectivity index (χ2n) is 11.5. The number of H-pyrrole nitrogens is 1. The maximum absolute atomic E-state index is 7.45. The van der Waals surface area contributed by atoms with Gasteiger partial charge in [-0.3, -0.25) is 0 Å². The Morgan fingerprint density at radius 2 is 1.21 bits per heavy atom. The third-order valence-electron chi connectivity index (χ3n) is 7.69. The summed E-state index contributed by atoms with van der Waals surface area (Å²) in [4.78, 5) is 3.88. The average molecular weight is 506 g/mol. The Hall–Kier alpha value is -4.56. The molecule has 39 heavy (non-hydrogen) atoms. The summed E-state index contributed by atoms with van der Waals surface area (Å²) < 4.78 is 7.45. The van der Waals surface area contributed by atoms with E-state index in [1.807, 2.05) is 0 Å². The average Bonchev–Trinajstić information content (AvgIpc) is 3.30. The van der Waals surface area contributed by atoms with Crippen LogP contribution in [-0.4, -0.2) is 4.98 Å². The van der Waals surface area contributed by atoms with Crippen molar-refractivity contribution in [3.63, 3.8) is 0 Å². The van der Waals surface area contributed by atoms with Crippen LogP contribution in [0.15, 0.2) is 127 Å². The van der Waals surface area contributed by atoms with Crippen molar-refractivity contribution in [3.05, 3.63) is 155 Å². The quantitative estimate of drug-likeness (QED) is 0.249. The molecule has 0 spiro atoms. The van der Waals surface area contributed by atoms with Gasteiger partial charge in [0.15, 0.2) is 5.60 Å². The summed E-state index contributed by atoms with van der Waals surface area (Å²) in [6, 6.07) is 42.9. The largest absolute Gasteiger partial charge is 0.471 e. The molecule has 0 saturated heterocycles. The summed E-state index contributed by atoms with van der Waals surface area (Å²) in [6.45, 7) is 6.81. The summed E-state index contributed by atoms with van der Waals surface area (Å²) >= 11 is 0. The van der Waals surface area contributed by atoms with Crippen LogP contribution >= 0.6 is 0 Å². The number of allylic oxidation sites excluding steroid dienone is 1. The van der Waals surface area contributed by atoms with Crippen molar-refractivity contribution in [2.24, 2.45) is 5.41 Å². The van der Waals surface area contributed by atoms with Crippen molar-refractivity contribution in [2.75, 3.05) is 0 Å². The SMILES string of the molecule is CC(C)(C)/C=C1/c2c(ccc3ccccc23)OC(c2ccccc2)(c2ccccc2)c2[nH]c3ccccc3c21. The van der Waals surface area contributed by atoms with E-state index >= 15 is 0 Å². The maximum atomic E-state index is 7.45. The van der Waals surface area contributed by atoms with Crippen LogP contribution in [0.3, 0.4) is 0 Å². The van der Waals surface area contributed by atoms with Gasteiger partial charge in [0.05, 0.1) is 5.69 Å². The lowest BCUT2D eigenvalue weighted by molar-refractivity contribution is 0.152. The fourth-order valence-corrected chi connectivity index (χ4v) is 6.14. The van der Waals surface area contributed by atoms with Crippen molar-refractivity contribution in [1.82, 2.24) is 4.98 Å². The molecule has 2 nitrogen and oxygen atoms in total.